The molecule has 1 heterocycles. The molecule has 18 heavy (non-hydrogen) atoms. The molecule has 1 aromatic carbocycles. The molecule has 1 aliphatic rings. The van der Waals surface area contributed by atoms with E-state index in [1.807, 2.05) is 30.2 Å². The molecule has 0 spiro atoms. The van der Waals surface area contributed by atoms with Gasteiger partial charge >= 0.3 is 0 Å². The number of hydrogen-bond donors (Lipinski definition) is 1. The second-order valence-corrected chi connectivity index (χ2v) is 6.14. The van der Waals surface area contributed by atoms with Crippen molar-refractivity contribution >= 4 is 22.7 Å². The molecule has 1 saturated carbocycles. The van der Waals surface area contributed by atoms with Gasteiger partial charge < -0.3 is 9.73 Å². The van der Waals surface area contributed by atoms with Gasteiger partial charge in [-0.3, -0.25) is 0 Å². The number of hydrogen-bond acceptors (Lipinski definition) is 3. The third-order valence-electron chi connectivity index (χ3n) is 3.86. The average molecular weight is 261 g/mol. The standard InChI is InChI=1S/C15H19NOS/c1-18-13-7-6-12(8-13)16-9-11-10-17-15-5-3-2-4-14(11)15/h2-5,10,12-13,16H,6-9H2,1H3. The molecule has 0 aliphatic heterocycles. The fraction of sp³-hybridized carbons (Fsp3) is 0.467. The summed E-state index contributed by atoms with van der Waals surface area (Å²) in [6.45, 7) is 0.919. The summed E-state index contributed by atoms with van der Waals surface area (Å²) >= 11 is 2.00. The van der Waals surface area contributed by atoms with Crippen LogP contribution in [0.25, 0.3) is 11.0 Å². The molecule has 3 heteroatoms. The Bertz CT molecular complexity index is 522. The van der Waals surface area contributed by atoms with E-state index in [0.717, 1.165) is 17.4 Å². The summed E-state index contributed by atoms with van der Waals surface area (Å²) in [5.74, 6) is 0. The quantitative estimate of drug-likeness (QED) is 0.906. The number of benzene rings is 1. The minimum Gasteiger partial charge on any atom is -0.464 e. The molecule has 1 fully saturated rings. The zero-order valence-corrected chi connectivity index (χ0v) is 11.5. The zero-order chi connectivity index (χ0) is 12.4. The summed E-state index contributed by atoms with van der Waals surface area (Å²) in [7, 11) is 0. The molecule has 0 amide bonds. The van der Waals surface area contributed by atoms with Gasteiger partial charge in [0.25, 0.3) is 0 Å². The lowest BCUT2D eigenvalue weighted by Gasteiger charge is -2.11. The Kier molecular flexibility index (Phi) is 3.62. The Balaban J connectivity index is 1.63. The van der Waals surface area contributed by atoms with Gasteiger partial charge in [0.15, 0.2) is 0 Å². The first-order valence-corrected chi connectivity index (χ1v) is 7.87. The Morgan fingerprint density at radius 2 is 2.22 bits per heavy atom. The van der Waals surface area contributed by atoms with E-state index in [9.17, 15) is 0 Å². The number of thioether (sulfide) groups is 1. The summed E-state index contributed by atoms with van der Waals surface area (Å²) in [5.41, 5.74) is 2.26. The summed E-state index contributed by atoms with van der Waals surface area (Å²) in [4.78, 5) is 0. The predicted octanol–water partition coefficient (Wildman–Crippen LogP) is 3.81. The van der Waals surface area contributed by atoms with Gasteiger partial charge in [0.05, 0.1) is 6.26 Å². The summed E-state index contributed by atoms with van der Waals surface area (Å²) in [5, 5.41) is 5.76. The van der Waals surface area contributed by atoms with Gasteiger partial charge in [0, 0.05) is 28.8 Å². The highest BCUT2D eigenvalue weighted by molar-refractivity contribution is 7.99. The van der Waals surface area contributed by atoms with Crippen LogP contribution in [-0.4, -0.2) is 17.5 Å². The van der Waals surface area contributed by atoms with E-state index >= 15 is 0 Å². The van der Waals surface area contributed by atoms with Crippen LogP contribution in [0.5, 0.6) is 0 Å². The van der Waals surface area contributed by atoms with Crippen molar-refractivity contribution in [2.45, 2.75) is 37.1 Å². The highest BCUT2D eigenvalue weighted by Gasteiger charge is 2.23. The molecule has 0 bridgehead atoms. The van der Waals surface area contributed by atoms with Crippen LogP contribution in [0.3, 0.4) is 0 Å². The first-order chi connectivity index (χ1) is 8.86. The van der Waals surface area contributed by atoms with E-state index in [2.05, 4.69) is 23.7 Å². The maximum atomic E-state index is 5.56. The number of fused-ring (bicyclic) bond motifs is 1. The van der Waals surface area contributed by atoms with Gasteiger partial charge in [0.2, 0.25) is 0 Å². The topological polar surface area (TPSA) is 25.2 Å². The van der Waals surface area contributed by atoms with E-state index in [1.165, 1.54) is 30.2 Å². The van der Waals surface area contributed by atoms with Crippen LogP contribution < -0.4 is 5.32 Å². The van der Waals surface area contributed by atoms with Crippen molar-refractivity contribution in [3.05, 3.63) is 36.1 Å². The first-order valence-electron chi connectivity index (χ1n) is 6.58. The van der Waals surface area contributed by atoms with Crippen LogP contribution in [0.15, 0.2) is 34.9 Å². The molecule has 3 rings (SSSR count). The van der Waals surface area contributed by atoms with Crippen molar-refractivity contribution in [3.8, 4) is 0 Å². The summed E-state index contributed by atoms with van der Waals surface area (Å²) in [6, 6.07) is 8.92. The maximum Gasteiger partial charge on any atom is 0.134 e. The molecule has 1 N–H and O–H groups in total. The van der Waals surface area contributed by atoms with Crippen LogP contribution in [0.2, 0.25) is 0 Å². The molecule has 2 nitrogen and oxygen atoms in total. The minimum absolute atomic E-state index is 0.677. The van der Waals surface area contributed by atoms with Gasteiger partial charge in [-0.05, 0) is 31.6 Å². The van der Waals surface area contributed by atoms with Gasteiger partial charge in [-0.25, -0.2) is 0 Å². The molecule has 1 aromatic heterocycles. The maximum absolute atomic E-state index is 5.56. The molecule has 2 aromatic rings. The van der Waals surface area contributed by atoms with Gasteiger partial charge in [-0.1, -0.05) is 18.2 Å². The monoisotopic (exact) mass is 261 g/mol. The Morgan fingerprint density at radius 1 is 1.33 bits per heavy atom. The number of para-hydroxylation sites is 1. The van der Waals surface area contributed by atoms with Crippen LogP contribution in [0.1, 0.15) is 24.8 Å². The molecule has 0 radical (unpaired) electrons. The second kappa shape index (κ2) is 5.37. The van der Waals surface area contributed by atoms with E-state index in [0.29, 0.717) is 6.04 Å². The summed E-state index contributed by atoms with van der Waals surface area (Å²) < 4.78 is 5.56. The highest BCUT2D eigenvalue weighted by Crippen LogP contribution is 2.28. The third kappa shape index (κ3) is 2.43. The van der Waals surface area contributed by atoms with Gasteiger partial charge in [0.1, 0.15) is 5.58 Å². The lowest BCUT2D eigenvalue weighted by molar-refractivity contribution is 0.521. The molecule has 1 aliphatic carbocycles. The van der Waals surface area contributed by atoms with Crippen LogP contribution >= 0.6 is 11.8 Å². The van der Waals surface area contributed by atoms with Gasteiger partial charge in [-0.15, -0.1) is 0 Å². The number of nitrogens with one attached hydrogen (secondary N) is 1. The lowest BCUT2D eigenvalue weighted by Crippen LogP contribution is -2.25. The second-order valence-electron chi connectivity index (χ2n) is 5.01. The van der Waals surface area contributed by atoms with Crippen molar-refractivity contribution in [1.29, 1.82) is 0 Å². The number of furan rings is 1. The largest absolute Gasteiger partial charge is 0.464 e. The SMILES string of the molecule is CSC1CCC(NCc2coc3ccccc23)C1. The van der Waals surface area contributed by atoms with E-state index in [1.54, 1.807) is 0 Å². The first kappa shape index (κ1) is 12.1. The lowest BCUT2D eigenvalue weighted by atomic mass is 10.1. The smallest absolute Gasteiger partial charge is 0.134 e. The Morgan fingerprint density at radius 3 is 3.06 bits per heavy atom. The molecular formula is C15H19NOS. The fourth-order valence-corrected chi connectivity index (χ4v) is 3.56. The third-order valence-corrected chi connectivity index (χ3v) is 4.96. The van der Waals surface area contributed by atoms with Gasteiger partial charge in [-0.2, -0.15) is 11.8 Å². The van der Waals surface area contributed by atoms with Crippen molar-refractivity contribution in [2.24, 2.45) is 0 Å². The van der Waals surface area contributed by atoms with E-state index in [4.69, 9.17) is 4.42 Å². The fourth-order valence-electron chi connectivity index (χ4n) is 2.76. The minimum atomic E-state index is 0.677. The number of rotatable bonds is 4. The van der Waals surface area contributed by atoms with Crippen LogP contribution in [0.4, 0.5) is 0 Å². The molecule has 0 saturated heterocycles. The van der Waals surface area contributed by atoms with E-state index < -0.39 is 0 Å². The summed E-state index contributed by atoms with van der Waals surface area (Å²) in [6.07, 6.45) is 8.07. The van der Waals surface area contributed by atoms with Crippen molar-refractivity contribution in [2.75, 3.05) is 6.26 Å². The molecule has 2 atom stereocenters. The Labute approximate surface area is 112 Å². The highest BCUT2D eigenvalue weighted by atomic mass is 32.2. The van der Waals surface area contributed by atoms with Crippen LogP contribution in [0, 0.1) is 0 Å². The normalized spacial score (nSPS) is 23.8. The molecular weight excluding hydrogens is 242 g/mol. The zero-order valence-electron chi connectivity index (χ0n) is 10.7. The van der Waals surface area contributed by atoms with Crippen molar-refractivity contribution in [3.63, 3.8) is 0 Å². The van der Waals surface area contributed by atoms with Crippen molar-refractivity contribution < 1.29 is 4.42 Å². The molecule has 2 unspecified atom stereocenters. The van der Waals surface area contributed by atoms with E-state index in [-0.39, 0.29) is 0 Å². The Hall–Kier alpha value is -0.930. The van der Waals surface area contributed by atoms with Crippen LogP contribution in [-0.2, 0) is 6.54 Å². The van der Waals surface area contributed by atoms with Crippen molar-refractivity contribution in [1.82, 2.24) is 5.32 Å². The molecule has 96 valence electrons. The average Bonchev–Trinajstić information content (AvgIpc) is 3.03. The predicted molar refractivity (Wildman–Crippen MR) is 78.0 cm³/mol.